The van der Waals surface area contributed by atoms with Crippen molar-refractivity contribution in [1.82, 2.24) is 19.0 Å². The Hall–Kier alpha value is -1.74. The maximum atomic E-state index is 13.2. The number of hydrogen-bond acceptors (Lipinski definition) is 5. The lowest BCUT2D eigenvalue weighted by Crippen LogP contribution is -2.50. The summed E-state index contributed by atoms with van der Waals surface area (Å²) in [6.45, 7) is 7.24. The van der Waals surface area contributed by atoms with Gasteiger partial charge in [-0.05, 0) is 23.6 Å². The first-order valence-electron chi connectivity index (χ1n) is 9.78. The van der Waals surface area contributed by atoms with Crippen LogP contribution in [0.2, 0.25) is 0 Å². The number of benzene rings is 1. The van der Waals surface area contributed by atoms with Gasteiger partial charge in [0.1, 0.15) is 0 Å². The molecule has 3 heterocycles. The molecule has 2 atom stereocenters. The minimum Gasteiger partial charge on any atom is -0.374 e. The van der Waals surface area contributed by atoms with Gasteiger partial charge in [-0.3, -0.25) is 9.58 Å². The number of sulfonamides is 1. The van der Waals surface area contributed by atoms with Gasteiger partial charge in [0.25, 0.3) is 0 Å². The molecule has 1 aromatic carbocycles. The van der Waals surface area contributed by atoms with E-state index in [0.717, 1.165) is 24.2 Å². The number of morpholine rings is 1. The second-order valence-electron chi connectivity index (χ2n) is 8.02. The van der Waals surface area contributed by atoms with Gasteiger partial charge < -0.3 is 4.74 Å². The van der Waals surface area contributed by atoms with Crippen molar-refractivity contribution in [2.75, 3.05) is 26.2 Å². The maximum absolute atomic E-state index is 13.2. The third kappa shape index (κ3) is 3.74. The molecule has 0 N–H and O–H groups in total. The molecule has 2 fully saturated rings. The minimum absolute atomic E-state index is 0.0682. The van der Waals surface area contributed by atoms with E-state index >= 15 is 0 Å². The molecule has 2 aliphatic heterocycles. The Labute approximate surface area is 166 Å². The number of ether oxygens (including phenoxy) is 1. The third-order valence-corrected chi connectivity index (χ3v) is 7.56. The number of aromatic nitrogens is 2. The Balaban J connectivity index is 1.51. The largest absolute Gasteiger partial charge is 0.374 e. The third-order valence-electron chi connectivity index (χ3n) is 5.71. The molecule has 0 radical (unpaired) electrons. The summed E-state index contributed by atoms with van der Waals surface area (Å²) in [5, 5.41) is 4.23. The summed E-state index contributed by atoms with van der Waals surface area (Å²) in [7, 11) is -1.62. The lowest BCUT2D eigenvalue weighted by molar-refractivity contribution is -0.0502. The highest BCUT2D eigenvalue weighted by molar-refractivity contribution is 7.89. The van der Waals surface area contributed by atoms with E-state index in [1.54, 1.807) is 21.1 Å². The highest BCUT2D eigenvalue weighted by Crippen LogP contribution is 2.29. The summed E-state index contributed by atoms with van der Waals surface area (Å²) in [6.07, 6.45) is 3.78. The van der Waals surface area contributed by atoms with E-state index in [-0.39, 0.29) is 12.1 Å². The number of fused-ring (bicyclic) bond motifs is 1. The van der Waals surface area contributed by atoms with Crippen LogP contribution in [0.15, 0.2) is 41.6 Å². The molecule has 7 nitrogen and oxygen atoms in total. The second-order valence-corrected chi connectivity index (χ2v) is 9.95. The van der Waals surface area contributed by atoms with Gasteiger partial charge >= 0.3 is 0 Å². The molecule has 2 saturated heterocycles. The number of aryl methyl sites for hydroxylation is 1. The molecule has 0 unspecified atom stereocenters. The molecule has 4 rings (SSSR count). The zero-order valence-corrected chi connectivity index (χ0v) is 17.5. The average Bonchev–Trinajstić information content (AvgIpc) is 3.29. The standard InChI is InChI=1S/C20H28N4O3S/c1-15(2)17-4-6-18(7-5-17)28(25,26)24-13-19-20(14-24)27-9-8-23(19)12-16-10-21-22(3)11-16/h4-7,10-11,15,19-20H,8-9,12-14H2,1-3H3/t19-,20+/m0/s1. The van der Waals surface area contributed by atoms with Crippen molar-refractivity contribution in [3.8, 4) is 0 Å². The van der Waals surface area contributed by atoms with Crippen molar-refractivity contribution in [3.63, 3.8) is 0 Å². The summed E-state index contributed by atoms with van der Waals surface area (Å²) in [5.74, 6) is 0.376. The van der Waals surface area contributed by atoms with E-state index in [4.69, 9.17) is 4.74 Å². The monoisotopic (exact) mass is 404 g/mol. The van der Waals surface area contributed by atoms with Crippen LogP contribution in [-0.2, 0) is 28.4 Å². The Kier molecular flexibility index (Phi) is 5.30. The summed E-state index contributed by atoms with van der Waals surface area (Å²) >= 11 is 0. The van der Waals surface area contributed by atoms with E-state index < -0.39 is 10.0 Å². The fraction of sp³-hybridized carbons (Fsp3) is 0.550. The van der Waals surface area contributed by atoms with Crippen molar-refractivity contribution in [2.24, 2.45) is 7.05 Å². The van der Waals surface area contributed by atoms with Crippen LogP contribution in [0.3, 0.4) is 0 Å². The molecule has 0 aliphatic carbocycles. The summed E-state index contributed by atoms with van der Waals surface area (Å²) in [6, 6.07) is 7.33. The van der Waals surface area contributed by atoms with Gasteiger partial charge in [-0.25, -0.2) is 8.42 Å². The molecule has 2 aliphatic rings. The minimum atomic E-state index is -3.52. The number of rotatable bonds is 5. The van der Waals surface area contributed by atoms with Crippen LogP contribution in [0.5, 0.6) is 0 Å². The normalized spacial score (nSPS) is 24.0. The quantitative estimate of drug-likeness (QED) is 0.760. The van der Waals surface area contributed by atoms with Crippen molar-refractivity contribution < 1.29 is 13.2 Å². The van der Waals surface area contributed by atoms with Gasteiger partial charge in [0.15, 0.2) is 0 Å². The topological polar surface area (TPSA) is 67.7 Å². The fourth-order valence-corrected chi connectivity index (χ4v) is 5.55. The van der Waals surface area contributed by atoms with Crippen molar-refractivity contribution >= 4 is 10.0 Å². The first kappa shape index (κ1) is 19.6. The summed E-state index contributed by atoms with van der Waals surface area (Å²) in [4.78, 5) is 2.68. The molecule has 2 aromatic rings. The van der Waals surface area contributed by atoms with E-state index in [2.05, 4.69) is 23.8 Å². The van der Waals surface area contributed by atoms with Crippen LogP contribution in [0.4, 0.5) is 0 Å². The highest BCUT2D eigenvalue weighted by atomic mass is 32.2. The van der Waals surface area contributed by atoms with Crippen molar-refractivity contribution in [3.05, 3.63) is 47.8 Å². The zero-order valence-electron chi connectivity index (χ0n) is 16.7. The highest BCUT2D eigenvalue weighted by Gasteiger charge is 2.44. The average molecular weight is 405 g/mol. The Morgan fingerprint density at radius 3 is 2.61 bits per heavy atom. The molecule has 28 heavy (non-hydrogen) atoms. The second kappa shape index (κ2) is 7.59. The smallest absolute Gasteiger partial charge is 0.243 e. The molecular formula is C20H28N4O3S. The maximum Gasteiger partial charge on any atom is 0.243 e. The van der Waals surface area contributed by atoms with Crippen molar-refractivity contribution in [1.29, 1.82) is 0 Å². The fourth-order valence-electron chi connectivity index (χ4n) is 4.08. The summed E-state index contributed by atoms with van der Waals surface area (Å²) in [5.41, 5.74) is 2.27. The van der Waals surface area contributed by atoms with Crippen LogP contribution >= 0.6 is 0 Å². The van der Waals surface area contributed by atoms with Gasteiger partial charge in [0.05, 0.1) is 29.8 Å². The molecule has 0 spiro atoms. The van der Waals surface area contributed by atoms with Crippen LogP contribution in [0, 0.1) is 0 Å². The molecule has 1 aromatic heterocycles. The van der Waals surface area contributed by atoms with Gasteiger partial charge in [0.2, 0.25) is 10.0 Å². The van der Waals surface area contributed by atoms with E-state index in [1.807, 2.05) is 31.6 Å². The Bertz CT molecular complexity index is 923. The van der Waals surface area contributed by atoms with Gasteiger partial charge in [-0.1, -0.05) is 26.0 Å². The van der Waals surface area contributed by atoms with E-state index in [1.165, 1.54) is 0 Å². The molecule has 8 heteroatoms. The molecule has 0 bridgehead atoms. The SMILES string of the molecule is CC(C)c1ccc(S(=O)(=O)N2C[C@H]3OCCN(Cc4cnn(C)c4)[C@H]3C2)cc1. The van der Waals surface area contributed by atoms with Crippen LogP contribution in [0.1, 0.15) is 30.9 Å². The Morgan fingerprint density at radius 2 is 1.96 bits per heavy atom. The first-order chi connectivity index (χ1) is 13.3. The molecule has 0 saturated carbocycles. The predicted octanol–water partition coefficient (Wildman–Crippen LogP) is 1.82. The van der Waals surface area contributed by atoms with Crippen molar-refractivity contribution in [2.45, 2.75) is 43.4 Å². The summed E-state index contributed by atoms with van der Waals surface area (Å²) < 4.78 is 35.6. The molecule has 0 amide bonds. The van der Waals surface area contributed by atoms with Crippen LogP contribution < -0.4 is 0 Å². The Morgan fingerprint density at radius 1 is 1.21 bits per heavy atom. The van der Waals surface area contributed by atoms with E-state index in [9.17, 15) is 8.42 Å². The first-order valence-corrected chi connectivity index (χ1v) is 11.2. The predicted molar refractivity (Wildman–Crippen MR) is 106 cm³/mol. The van der Waals surface area contributed by atoms with Gasteiger partial charge in [0, 0.05) is 45.0 Å². The zero-order chi connectivity index (χ0) is 19.9. The lowest BCUT2D eigenvalue weighted by atomic mass is 10.0. The van der Waals surface area contributed by atoms with Gasteiger partial charge in [-0.15, -0.1) is 0 Å². The molecular weight excluding hydrogens is 376 g/mol. The lowest BCUT2D eigenvalue weighted by Gasteiger charge is -2.36. The van der Waals surface area contributed by atoms with Crippen LogP contribution in [0.25, 0.3) is 0 Å². The number of hydrogen-bond donors (Lipinski definition) is 0. The number of nitrogens with zero attached hydrogens (tertiary/aromatic N) is 4. The van der Waals surface area contributed by atoms with E-state index in [0.29, 0.717) is 30.5 Å². The molecule has 152 valence electrons. The van der Waals surface area contributed by atoms with Crippen LogP contribution in [-0.4, -0.2) is 65.8 Å². The van der Waals surface area contributed by atoms with Gasteiger partial charge in [-0.2, -0.15) is 9.40 Å².